The zero-order valence-electron chi connectivity index (χ0n) is 11.8. The Morgan fingerprint density at radius 3 is 2.50 bits per heavy atom. The molecule has 1 heterocycles. The standard InChI is InChI=1S/C12H17N3O4S/c1-6(2)15(5-8(16)17)11(18)9-7(3)13-12(19)14-10(9)20-4/h6H,5H2,1-4H3,(H,16,17)(H,13,14,19). The number of hydrogen-bond donors (Lipinski definition) is 2. The molecule has 1 rings (SSSR count). The Morgan fingerprint density at radius 2 is 2.05 bits per heavy atom. The van der Waals surface area contributed by atoms with Crippen molar-refractivity contribution in [3.8, 4) is 0 Å². The van der Waals surface area contributed by atoms with E-state index in [1.54, 1.807) is 27.0 Å². The molecular formula is C12H17N3O4S. The summed E-state index contributed by atoms with van der Waals surface area (Å²) in [6.45, 7) is 4.65. The van der Waals surface area contributed by atoms with Crippen LogP contribution in [0, 0.1) is 6.92 Å². The molecule has 0 saturated heterocycles. The Balaban J connectivity index is 3.31. The molecule has 0 fully saturated rings. The zero-order chi connectivity index (χ0) is 15.4. The Hall–Kier alpha value is -1.83. The first-order chi connectivity index (χ1) is 9.27. The average Bonchev–Trinajstić information content (AvgIpc) is 2.33. The molecule has 0 radical (unpaired) electrons. The topological polar surface area (TPSA) is 103 Å². The van der Waals surface area contributed by atoms with Crippen molar-refractivity contribution in [2.24, 2.45) is 0 Å². The number of aliphatic carboxylic acids is 1. The third-order valence-electron chi connectivity index (χ3n) is 2.68. The summed E-state index contributed by atoms with van der Waals surface area (Å²) in [5.74, 6) is -1.54. The number of aromatic amines is 1. The van der Waals surface area contributed by atoms with Gasteiger partial charge >= 0.3 is 11.7 Å². The van der Waals surface area contributed by atoms with Gasteiger partial charge in [-0.1, -0.05) is 0 Å². The first kappa shape index (κ1) is 16.2. The number of aromatic nitrogens is 2. The Labute approximate surface area is 120 Å². The van der Waals surface area contributed by atoms with Gasteiger partial charge in [0.1, 0.15) is 11.6 Å². The van der Waals surface area contributed by atoms with Crippen molar-refractivity contribution in [2.75, 3.05) is 12.8 Å². The number of H-pyrrole nitrogens is 1. The number of carbonyl (C=O) groups excluding carboxylic acids is 1. The van der Waals surface area contributed by atoms with Crippen LogP contribution < -0.4 is 5.69 Å². The number of amides is 1. The number of aryl methyl sites for hydroxylation is 1. The van der Waals surface area contributed by atoms with Gasteiger partial charge in [-0.25, -0.2) is 4.79 Å². The minimum Gasteiger partial charge on any atom is -0.480 e. The normalized spacial score (nSPS) is 10.7. The van der Waals surface area contributed by atoms with E-state index in [0.29, 0.717) is 10.7 Å². The van der Waals surface area contributed by atoms with Gasteiger partial charge in [-0.05, 0) is 27.0 Å². The van der Waals surface area contributed by atoms with Crippen LogP contribution >= 0.6 is 11.8 Å². The number of carbonyl (C=O) groups is 2. The van der Waals surface area contributed by atoms with Gasteiger partial charge in [0.25, 0.3) is 5.91 Å². The van der Waals surface area contributed by atoms with E-state index in [1.807, 2.05) is 0 Å². The molecule has 1 aromatic heterocycles. The van der Waals surface area contributed by atoms with E-state index in [0.717, 1.165) is 0 Å². The van der Waals surface area contributed by atoms with E-state index >= 15 is 0 Å². The molecule has 0 aliphatic heterocycles. The van der Waals surface area contributed by atoms with Crippen LogP contribution in [0.3, 0.4) is 0 Å². The molecule has 8 heteroatoms. The van der Waals surface area contributed by atoms with Crippen molar-refractivity contribution in [2.45, 2.75) is 31.8 Å². The number of rotatable bonds is 5. The SMILES string of the molecule is CSc1nc(=O)[nH]c(C)c1C(=O)N(CC(=O)O)C(C)C. The maximum absolute atomic E-state index is 12.5. The maximum Gasteiger partial charge on any atom is 0.346 e. The molecule has 2 N–H and O–H groups in total. The van der Waals surface area contributed by atoms with Gasteiger partial charge in [-0.3, -0.25) is 9.59 Å². The molecular weight excluding hydrogens is 282 g/mol. The van der Waals surface area contributed by atoms with Gasteiger partial charge in [-0.15, -0.1) is 11.8 Å². The van der Waals surface area contributed by atoms with Crippen molar-refractivity contribution in [3.05, 3.63) is 21.7 Å². The average molecular weight is 299 g/mol. The summed E-state index contributed by atoms with van der Waals surface area (Å²) in [5, 5.41) is 9.19. The van der Waals surface area contributed by atoms with E-state index in [9.17, 15) is 14.4 Å². The second-order valence-electron chi connectivity index (χ2n) is 4.47. The lowest BCUT2D eigenvalue weighted by atomic mass is 10.2. The summed E-state index contributed by atoms with van der Waals surface area (Å²) in [6, 6.07) is -0.278. The monoisotopic (exact) mass is 299 g/mol. The lowest BCUT2D eigenvalue weighted by Gasteiger charge is -2.26. The first-order valence-corrected chi connectivity index (χ1v) is 7.18. The number of nitrogens with one attached hydrogen (secondary N) is 1. The number of thioether (sulfide) groups is 1. The Kier molecular flexibility index (Phi) is 5.32. The van der Waals surface area contributed by atoms with E-state index in [1.165, 1.54) is 16.7 Å². The maximum atomic E-state index is 12.5. The Bertz CT molecular complexity index is 583. The molecule has 0 aliphatic carbocycles. The Morgan fingerprint density at radius 1 is 1.45 bits per heavy atom. The van der Waals surface area contributed by atoms with Crippen LogP contribution in [0.4, 0.5) is 0 Å². The van der Waals surface area contributed by atoms with Crippen LogP contribution in [-0.2, 0) is 4.79 Å². The number of carboxylic acid groups (broad SMARTS) is 1. The molecule has 0 aliphatic rings. The van der Waals surface area contributed by atoms with Crippen LogP contribution in [0.25, 0.3) is 0 Å². The summed E-state index contributed by atoms with van der Waals surface area (Å²) in [6.07, 6.45) is 1.70. The van der Waals surface area contributed by atoms with Crippen LogP contribution in [0.1, 0.15) is 29.9 Å². The largest absolute Gasteiger partial charge is 0.480 e. The molecule has 0 aromatic carbocycles. The summed E-state index contributed by atoms with van der Waals surface area (Å²) < 4.78 is 0. The molecule has 110 valence electrons. The highest BCUT2D eigenvalue weighted by Crippen LogP contribution is 2.20. The van der Waals surface area contributed by atoms with E-state index in [-0.39, 0.29) is 11.6 Å². The third kappa shape index (κ3) is 3.60. The predicted molar refractivity (Wildman–Crippen MR) is 75.2 cm³/mol. The van der Waals surface area contributed by atoms with Gasteiger partial charge in [0, 0.05) is 11.7 Å². The van der Waals surface area contributed by atoms with Crippen LogP contribution in [0.2, 0.25) is 0 Å². The zero-order valence-corrected chi connectivity index (χ0v) is 12.6. The van der Waals surface area contributed by atoms with E-state index < -0.39 is 24.1 Å². The summed E-state index contributed by atoms with van der Waals surface area (Å²) in [4.78, 5) is 42.2. The lowest BCUT2D eigenvalue weighted by Crippen LogP contribution is -2.41. The number of nitrogens with zero attached hydrogens (tertiary/aromatic N) is 2. The molecule has 0 spiro atoms. The molecule has 7 nitrogen and oxygen atoms in total. The highest BCUT2D eigenvalue weighted by atomic mass is 32.2. The molecule has 0 bridgehead atoms. The van der Waals surface area contributed by atoms with Crippen molar-refractivity contribution in [1.29, 1.82) is 0 Å². The fourth-order valence-electron chi connectivity index (χ4n) is 1.74. The number of carboxylic acids is 1. The summed E-state index contributed by atoms with van der Waals surface area (Å²) in [7, 11) is 0. The molecule has 20 heavy (non-hydrogen) atoms. The third-order valence-corrected chi connectivity index (χ3v) is 3.37. The second kappa shape index (κ2) is 6.56. The fourth-order valence-corrected chi connectivity index (χ4v) is 2.36. The molecule has 0 unspecified atom stereocenters. The highest BCUT2D eigenvalue weighted by molar-refractivity contribution is 7.98. The highest BCUT2D eigenvalue weighted by Gasteiger charge is 2.26. The van der Waals surface area contributed by atoms with Crippen LogP contribution in [0.5, 0.6) is 0 Å². The molecule has 1 amide bonds. The summed E-state index contributed by atoms with van der Waals surface area (Å²) >= 11 is 1.17. The van der Waals surface area contributed by atoms with Crippen LogP contribution in [-0.4, -0.2) is 50.7 Å². The van der Waals surface area contributed by atoms with Crippen molar-refractivity contribution < 1.29 is 14.7 Å². The van der Waals surface area contributed by atoms with Gasteiger partial charge in [-0.2, -0.15) is 4.98 Å². The van der Waals surface area contributed by atoms with Gasteiger partial charge in [0.05, 0.1) is 5.56 Å². The molecule has 1 aromatic rings. The van der Waals surface area contributed by atoms with Crippen molar-refractivity contribution in [3.63, 3.8) is 0 Å². The lowest BCUT2D eigenvalue weighted by molar-refractivity contribution is -0.138. The minimum atomic E-state index is -1.09. The fraction of sp³-hybridized carbons (Fsp3) is 0.500. The van der Waals surface area contributed by atoms with Crippen molar-refractivity contribution in [1.82, 2.24) is 14.9 Å². The minimum absolute atomic E-state index is 0.243. The van der Waals surface area contributed by atoms with Gasteiger partial charge in [0.2, 0.25) is 0 Å². The predicted octanol–water partition coefficient (Wildman–Crippen LogP) is 0.735. The smallest absolute Gasteiger partial charge is 0.346 e. The van der Waals surface area contributed by atoms with Crippen LogP contribution in [0.15, 0.2) is 9.82 Å². The quantitative estimate of drug-likeness (QED) is 0.614. The molecule has 0 saturated carbocycles. The van der Waals surface area contributed by atoms with Gasteiger partial charge in [0.15, 0.2) is 0 Å². The second-order valence-corrected chi connectivity index (χ2v) is 5.27. The summed E-state index contributed by atoms with van der Waals surface area (Å²) in [5.41, 5.74) is 0.0974. The van der Waals surface area contributed by atoms with Crippen molar-refractivity contribution >= 4 is 23.6 Å². The number of hydrogen-bond acceptors (Lipinski definition) is 5. The van der Waals surface area contributed by atoms with Gasteiger partial charge < -0.3 is 15.0 Å². The van der Waals surface area contributed by atoms with E-state index in [4.69, 9.17) is 5.11 Å². The molecule has 0 atom stereocenters. The first-order valence-electron chi connectivity index (χ1n) is 5.95. The van der Waals surface area contributed by atoms with E-state index in [2.05, 4.69) is 9.97 Å².